The van der Waals surface area contributed by atoms with Crippen molar-refractivity contribution in [3.63, 3.8) is 0 Å². The average molecular weight is 281 g/mol. The second-order valence-electron chi connectivity index (χ2n) is 5.38. The molecular formula is C15H21ClN2O. The molecule has 2 N–H and O–H groups in total. The lowest BCUT2D eigenvalue weighted by Crippen LogP contribution is -2.43. The minimum Gasteiger partial charge on any atom is -0.335 e. The van der Waals surface area contributed by atoms with Gasteiger partial charge < -0.3 is 10.6 Å². The fraction of sp³-hybridized carbons (Fsp3) is 0.533. The molecule has 0 bridgehead atoms. The Morgan fingerprint density at radius 1 is 1.32 bits per heavy atom. The maximum absolute atomic E-state index is 12.0. The van der Waals surface area contributed by atoms with Gasteiger partial charge in [-0.15, -0.1) is 0 Å². The molecule has 0 aromatic heterocycles. The van der Waals surface area contributed by atoms with Crippen LogP contribution in [-0.2, 0) is 0 Å². The third-order valence-corrected chi connectivity index (χ3v) is 4.35. The average Bonchev–Trinajstić information content (AvgIpc) is 2.38. The number of amides is 2. The molecule has 1 aliphatic carbocycles. The molecule has 0 saturated heterocycles. The number of hydrogen-bond donors (Lipinski definition) is 2. The van der Waals surface area contributed by atoms with Crippen LogP contribution >= 0.6 is 11.6 Å². The Kier molecular flexibility index (Phi) is 4.70. The first-order chi connectivity index (χ1) is 9.08. The van der Waals surface area contributed by atoms with Crippen molar-refractivity contribution in [3.05, 3.63) is 28.8 Å². The number of rotatable bonds is 2. The van der Waals surface area contributed by atoms with Gasteiger partial charge in [-0.05, 0) is 43.4 Å². The Balaban J connectivity index is 1.95. The molecule has 2 rings (SSSR count). The number of carbonyl (C=O) groups is 1. The molecule has 2 atom stereocenters. The molecule has 0 spiro atoms. The van der Waals surface area contributed by atoms with Crippen molar-refractivity contribution in [2.45, 2.75) is 45.6 Å². The number of urea groups is 1. The van der Waals surface area contributed by atoms with Gasteiger partial charge in [0.25, 0.3) is 0 Å². The maximum Gasteiger partial charge on any atom is 0.319 e. The second kappa shape index (κ2) is 6.29. The van der Waals surface area contributed by atoms with E-state index in [1.807, 2.05) is 25.1 Å². The summed E-state index contributed by atoms with van der Waals surface area (Å²) in [6.45, 7) is 4.11. The molecule has 1 fully saturated rings. The summed E-state index contributed by atoms with van der Waals surface area (Å²) in [6.07, 6.45) is 4.74. The number of halogens is 1. The first-order valence-electron chi connectivity index (χ1n) is 6.90. The van der Waals surface area contributed by atoms with E-state index in [1.54, 1.807) is 0 Å². The zero-order valence-corrected chi connectivity index (χ0v) is 12.3. The molecule has 1 aliphatic rings. The lowest BCUT2D eigenvalue weighted by atomic mass is 9.86. The predicted octanol–water partition coefficient (Wildman–Crippen LogP) is 4.35. The van der Waals surface area contributed by atoms with Gasteiger partial charge in [0, 0.05) is 16.8 Å². The fourth-order valence-corrected chi connectivity index (χ4v) is 2.77. The number of carbonyl (C=O) groups excluding carboxylic acids is 1. The van der Waals surface area contributed by atoms with Crippen LogP contribution in [0.4, 0.5) is 10.5 Å². The van der Waals surface area contributed by atoms with Gasteiger partial charge in [0.15, 0.2) is 0 Å². The van der Waals surface area contributed by atoms with Crippen molar-refractivity contribution in [1.82, 2.24) is 5.32 Å². The summed E-state index contributed by atoms with van der Waals surface area (Å²) >= 11 is 6.04. The van der Waals surface area contributed by atoms with Gasteiger partial charge in [-0.2, -0.15) is 0 Å². The molecule has 1 aromatic rings. The standard InChI is InChI=1S/C15H21ClN2O/c1-10-6-3-4-8-13(10)17-15(19)18-14-9-5-7-12(16)11(14)2/h5,7,9-10,13H,3-4,6,8H2,1-2H3,(H2,17,18,19). The zero-order valence-electron chi connectivity index (χ0n) is 11.5. The Morgan fingerprint density at radius 2 is 2.05 bits per heavy atom. The third-order valence-electron chi connectivity index (χ3n) is 3.94. The van der Waals surface area contributed by atoms with Crippen LogP contribution in [-0.4, -0.2) is 12.1 Å². The van der Waals surface area contributed by atoms with E-state index in [-0.39, 0.29) is 12.1 Å². The zero-order chi connectivity index (χ0) is 13.8. The van der Waals surface area contributed by atoms with E-state index >= 15 is 0 Å². The second-order valence-corrected chi connectivity index (χ2v) is 5.79. The van der Waals surface area contributed by atoms with Crippen LogP contribution in [0.3, 0.4) is 0 Å². The SMILES string of the molecule is Cc1c(Cl)cccc1NC(=O)NC1CCCCC1C. The van der Waals surface area contributed by atoms with Crippen LogP contribution in [0.2, 0.25) is 5.02 Å². The molecule has 0 aliphatic heterocycles. The van der Waals surface area contributed by atoms with E-state index in [1.165, 1.54) is 19.3 Å². The highest BCUT2D eigenvalue weighted by Crippen LogP contribution is 2.25. The Hall–Kier alpha value is -1.22. The van der Waals surface area contributed by atoms with Crippen LogP contribution in [0.15, 0.2) is 18.2 Å². The Bertz CT molecular complexity index is 461. The first kappa shape index (κ1) is 14.2. The molecule has 1 aromatic carbocycles. The van der Waals surface area contributed by atoms with Gasteiger partial charge in [-0.3, -0.25) is 0 Å². The summed E-state index contributed by atoms with van der Waals surface area (Å²) in [4.78, 5) is 12.0. The summed E-state index contributed by atoms with van der Waals surface area (Å²) in [7, 11) is 0. The van der Waals surface area contributed by atoms with E-state index in [9.17, 15) is 4.79 Å². The molecule has 2 amide bonds. The normalized spacial score (nSPS) is 22.9. The number of anilines is 1. The van der Waals surface area contributed by atoms with Crippen molar-refractivity contribution in [2.75, 3.05) is 5.32 Å². The van der Waals surface area contributed by atoms with E-state index in [4.69, 9.17) is 11.6 Å². The minimum absolute atomic E-state index is 0.135. The largest absolute Gasteiger partial charge is 0.335 e. The molecule has 19 heavy (non-hydrogen) atoms. The highest BCUT2D eigenvalue weighted by atomic mass is 35.5. The molecule has 3 nitrogen and oxygen atoms in total. The van der Waals surface area contributed by atoms with Crippen molar-refractivity contribution >= 4 is 23.3 Å². The van der Waals surface area contributed by atoms with Gasteiger partial charge in [-0.1, -0.05) is 37.4 Å². The van der Waals surface area contributed by atoms with Crippen LogP contribution < -0.4 is 10.6 Å². The topological polar surface area (TPSA) is 41.1 Å². The van der Waals surface area contributed by atoms with Crippen LogP contribution in [0.5, 0.6) is 0 Å². The summed E-state index contributed by atoms with van der Waals surface area (Å²) < 4.78 is 0. The summed E-state index contributed by atoms with van der Waals surface area (Å²) in [6, 6.07) is 5.68. The van der Waals surface area contributed by atoms with Crippen molar-refractivity contribution < 1.29 is 4.79 Å². The highest BCUT2D eigenvalue weighted by molar-refractivity contribution is 6.31. The molecular weight excluding hydrogens is 260 g/mol. The lowest BCUT2D eigenvalue weighted by molar-refractivity contribution is 0.232. The molecule has 1 saturated carbocycles. The first-order valence-corrected chi connectivity index (χ1v) is 7.28. The molecule has 104 valence electrons. The molecule has 2 unspecified atom stereocenters. The quantitative estimate of drug-likeness (QED) is 0.831. The smallest absolute Gasteiger partial charge is 0.319 e. The van der Waals surface area contributed by atoms with Crippen LogP contribution in [0, 0.1) is 12.8 Å². The summed E-state index contributed by atoms with van der Waals surface area (Å²) in [5.74, 6) is 0.556. The monoisotopic (exact) mass is 280 g/mol. The fourth-order valence-electron chi connectivity index (χ4n) is 2.60. The molecule has 4 heteroatoms. The van der Waals surface area contributed by atoms with Crippen molar-refractivity contribution in [2.24, 2.45) is 5.92 Å². The Morgan fingerprint density at radius 3 is 2.79 bits per heavy atom. The van der Waals surface area contributed by atoms with E-state index in [0.29, 0.717) is 10.9 Å². The number of nitrogens with one attached hydrogen (secondary N) is 2. The van der Waals surface area contributed by atoms with Gasteiger partial charge in [-0.25, -0.2) is 4.79 Å². The van der Waals surface area contributed by atoms with Crippen LogP contribution in [0.1, 0.15) is 38.2 Å². The van der Waals surface area contributed by atoms with Gasteiger partial charge in [0.05, 0.1) is 0 Å². The number of benzene rings is 1. The van der Waals surface area contributed by atoms with Crippen molar-refractivity contribution in [1.29, 1.82) is 0 Å². The molecule has 0 heterocycles. The maximum atomic E-state index is 12.0. The lowest BCUT2D eigenvalue weighted by Gasteiger charge is -2.29. The van der Waals surface area contributed by atoms with Crippen LogP contribution in [0.25, 0.3) is 0 Å². The molecule has 0 radical (unpaired) electrons. The summed E-state index contributed by atoms with van der Waals surface area (Å²) in [5.41, 5.74) is 1.67. The number of hydrogen-bond acceptors (Lipinski definition) is 1. The predicted molar refractivity (Wildman–Crippen MR) is 79.8 cm³/mol. The van der Waals surface area contributed by atoms with E-state index in [0.717, 1.165) is 17.7 Å². The highest BCUT2D eigenvalue weighted by Gasteiger charge is 2.22. The minimum atomic E-state index is -0.135. The van der Waals surface area contributed by atoms with Gasteiger partial charge in [0.1, 0.15) is 0 Å². The van der Waals surface area contributed by atoms with Gasteiger partial charge in [0.2, 0.25) is 0 Å². The van der Waals surface area contributed by atoms with Gasteiger partial charge >= 0.3 is 6.03 Å². The van der Waals surface area contributed by atoms with Crippen molar-refractivity contribution in [3.8, 4) is 0 Å². The third kappa shape index (κ3) is 3.63. The van der Waals surface area contributed by atoms with E-state index in [2.05, 4.69) is 17.6 Å². The summed E-state index contributed by atoms with van der Waals surface area (Å²) in [5, 5.41) is 6.63. The van der Waals surface area contributed by atoms with E-state index < -0.39 is 0 Å². The Labute approximate surface area is 119 Å².